The highest BCUT2D eigenvalue weighted by atomic mass is 35.5. The lowest BCUT2D eigenvalue weighted by molar-refractivity contribution is -0.118. The van der Waals surface area contributed by atoms with Gasteiger partial charge in [-0.25, -0.2) is 4.79 Å². The van der Waals surface area contributed by atoms with Gasteiger partial charge < -0.3 is 10.1 Å². The minimum atomic E-state index is -0.578. The molecule has 0 spiro atoms. The number of aromatic nitrogens is 2. The highest BCUT2D eigenvalue weighted by Gasteiger charge is 2.10. The van der Waals surface area contributed by atoms with E-state index in [0.717, 1.165) is 5.56 Å². The first-order valence-corrected chi connectivity index (χ1v) is 9.16. The van der Waals surface area contributed by atoms with Crippen LogP contribution in [0.25, 0.3) is 0 Å². The summed E-state index contributed by atoms with van der Waals surface area (Å²) in [6.45, 7) is 2.42. The third-order valence-corrected chi connectivity index (χ3v) is 4.84. The van der Waals surface area contributed by atoms with Gasteiger partial charge in [-0.3, -0.25) is 10.1 Å². The second-order valence-corrected chi connectivity index (χ2v) is 7.05. The fourth-order valence-corrected chi connectivity index (χ4v) is 3.25. The Kier molecular flexibility index (Phi) is 7.29. The highest BCUT2D eigenvalue weighted by molar-refractivity contribution is 8.01. The molecule has 1 heterocycles. The normalized spacial score (nSPS) is 10.2. The first-order chi connectivity index (χ1) is 11.6. The van der Waals surface area contributed by atoms with Gasteiger partial charge in [0.25, 0.3) is 0 Å². The molecule has 0 saturated carbocycles. The molecule has 7 nitrogen and oxygen atoms in total. The van der Waals surface area contributed by atoms with Gasteiger partial charge >= 0.3 is 6.09 Å². The molecule has 2 amide bonds. The van der Waals surface area contributed by atoms with Crippen molar-refractivity contribution in [2.45, 2.75) is 17.8 Å². The molecule has 0 fully saturated rings. The molecule has 128 valence electrons. The number of carbonyl (C=O) groups is 2. The van der Waals surface area contributed by atoms with Crippen LogP contribution in [-0.4, -0.2) is 34.6 Å². The first-order valence-electron chi connectivity index (χ1n) is 6.98. The third kappa shape index (κ3) is 6.34. The van der Waals surface area contributed by atoms with Gasteiger partial charge in [-0.1, -0.05) is 46.8 Å². The topological polar surface area (TPSA) is 93.2 Å². The first kappa shape index (κ1) is 18.5. The van der Waals surface area contributed by atoms with Gasteiger partial charge in [-0.05, 0) is 24.6 Å². The Morgan fingerprint density at radius 2 is 2.04 bits per heavy atom. The molecule has 1 aromatic heterocycles. The number of benzene rings is 1. The van der Waals surface area contributed by atoms with E-state index < -0.39 is 6.09 Å². The van der Waals surface area contributed by atoms with Crippen molar-refractivity contribution in [3.63, 3.8) is 0 Å². The molecule has 24 heavy (non-hydrogen) atoms. The van der Waals surface area contributed by atoms with Crippen LogP contribution >= 0.6 is 34.7 Å². The summed E-state index contributed by atoms with van der Waals surface area (Å²) in [5, 5.41) is 14.0. The summed E-state index contributed by atoms with van der Waals surface area (Å²) in [6.07, 6.45) is -0.578. The van der Waals surface area contributed by atoms with Gasteiger partial charge in [-0.2, -0.15) is 0 Å². The van der Waals surface area contributed by atoms with Crippen molar-refractivity contribution in [3.8, 4) is 0 Å². The number of amides is 2. The maximum Gasteiger partial charge on any atom is 0.413 e. The van der Waals surface area contributed by atoms with E-state index in [1.807, 2.05) is 12.1 Å². The van der Waals surface area contributed by atoms with Gasteiger partial charge in [0.05, 0.1) is 12.4 Å². The minimum absolute atomic E-state index is 0.120. The average molecular weight is 387 g/mol. The van der Waals surface area contributed by atoms with Crippen LogP contribution in [-0.2, 0) is 16.1 Å². The lowest BCUT2D eigenvalue weighted by Gasteiger charge is -2.04. The third-order valence-electron chi connectivity index (χ3n) is 2.62. The number of thioether (sulfide) groups is 1. The zero-order valence-electron chi connectivity index (χ0n) is 12.7. The van der Waals surface area contributed by atoms with Gasteiger partial charge in [-0.15, -0.1) is 10.2 Å². The summed E-state index contributed by atoms with van der Waals surface area (Å²) >= 11 is 8.23. The summed E-state index contributed by atoms with van der Waals surface area (Å²) in [7, 11) is 0. The maximum atomic E-state index is 11.8. The largest absolute Gasteiger partial charge is 0.450 e. The van der Waals surface area contributed by atoms with Crippen LogP contribution in [0.2, 0.25) is 5.02 Å². The van der Waals surface area contributed by atoms with E-state index in [1.54, 1.807) is 19.1 Å². The van der Waals surface area contributed by atoms with Crippen molar-refractivity contribution in [3.05, 3.63) is 34.9 Å². The summed E-state index contributed by atoms with van der Waals surface area (Å²) in [6, 6.07) is 7.26. The molecule has 0 unspecified atom stereocenters. The van der Waals surface area contributed by atoms with Crippen LogP contribution in [0.5, 0.6) is 0 Å². The van der Waals surface area contributed by atoms with E-state index in [2.05, 4.69) is 20.8 Å². The number of hydrogen-bond donors (Lipinski definition) is 2. The zero-order chi connectivity index (χ0) is 17.4. The van der Waals surface area contributed by atoms with E-state index >= 15 is 0 Å². The molecular weight excluding hydrogens is 372 g/mol. The van der Waals surface area contributed by atoms with Crippen molar-refractivity contribution >= 4 is 51.8 Å². The monoisotopic (exact) mass is 386 g/mol. The van der Waals surface area contributed by atoms with Crippen molar-refractivity contribution in [1.82, 2.24) is 15.5 Å². The molecule has 2 N–H and O–H groups in total. The van der Waals surface area contributed by atoms with Crippen LogP contribution < -0.4 is 10.6 Å². The molecule has 2 rings (SSSR count). The molecular formula is C14H15ClN4O3S2. The molecule has 0 bridgehead atoms. The standard InChI is InChI=1S/C14H15ClN4O3S2/c1-2-22-13(21)17-12-18-19-14(24-12)23-8-11(20)16-7-9-3-5-10(15)6-4-9/h3-6H,2,7-8H2,1H3,(H,16,20)(H,17,18,21). The predicted molar refractivity (Wildman–Crippen MR) is 94.6 cm³/mol. The summed E-state index contributed by atoms with van der Waals surface area (Å²) in [4.78, 5) is 23.1. The Morgan fingerprint density at radius 1 is 1.29 bits per heavy atom. The molecule has 0 atom stereocenters. The number of carbonyl (C=O) groups excluding carboxylic acids is 2. The van der Waals surface area contributed by atoms with Gasteiger partial charge in [0.2, 0.25) is 11.0 Å². The van der Waals surface area contributed by atoms with Gasteiger partial charge in [0.1, 0.15) is 0 Å². The second kappa shape index (κ2) is 9.45. The van der Waals surface area contributed by atoms with Crippen molar-refractivity contribution in [2.24, 2.45) is 0 Å². The molecule has 0 aliphatic heterocycles. The summed E-state index contributed by atoms with van der Waals surface area (Å²) < 4.78 is 5.33. The maximum absolute atomic E-state index is 11.8. The van der Waals surface area contributed by atoms with Crippen molar-refractivity contribution in [1.29, 1.82) is 0 Å². The minimum Gasteiger partial charge on any atom is -0.450 e. The lowest BCUT2D eigenvalue weighted by atomic mass is 10.2. The second-order valence-electron chi connectivity index (χ2n) is 4.41. The van der Waals surface area contributed by atoms with E-state index in [0.29, 0.717) is 21.0 Å². The quantitative estimate of drug-likeness (QED) is 0.560. The lowest BCUT2D eigenvalue weighted by Crippen LogP contribution is -2.24. The smallest absolute Gasteiger partial charge is 0.413 e. The van der Waals surface area contributed by atoms with Crippen LogP contribution in [0.4, 0.5) is 9.93 Å². The number of ether oxygens (including phenoxy) is 1. The molecule has 0 aliphatic carbocycles. The van der Waals surface area contributed by atoms with Crippen molar-refractivity contribution < 1.29 is 14.3 Å². The number of anilines is 1. The van der Waals surface area contributed by atoms with Crippen LogP contribution in [0.3, 0.4) is 0 Å². The van der Waals surface area contributed by atoms with Gasteiger partial charge in [0.15, 0.2) is 4.34 Å². The van der Waals surface area contributed by atoms with E-state index in [-0.39, 0.29) is 18.3 Å². The fourth-order valence-electron chi connectivity index (χ4n) is 1.55. The Morgan fingerprint density at radius 3 is 2.75 bits per heavy atom. The molecule has 1 aromatic carbocycles. The molecule has 2 aromatic rings. The van der Waals surface area contributed by atoms with E-state index in [1.165, 1.54) is 23.1 Å². The molecule has 0 saturated heterocycles. The number of halogens is 1. The predicted octanol–water partition coefficient (Wildman–Crippen LogP) is 3.17. The molecule has 0 aliphatic rings. The number of rotatable bonds is 7. The molecule has 10 heteroatoms. The van der Waals surface area contributed by atoms with Crippen LogP contribution in [0.15, 0.2) is 28.6 Å². The van der Waals surface area contributed by atoms with Gasteiger partial charge in [0, 0.05) is 11.6 Å². The highest BCUT2D eigenvalue weighted by Crippen LogP contribution is 2.25. The van der Waals surface area contributed by atoms with E-state index in [4.69, 9.17) is 16.3 Å². The number of nitrogens with zero attached hydrogens (tertiary/aromatic N) is 2. The Hall–Kier alpha value is -1.84. The number of hydrogen-bond acceptors (Lipinski definition) is 7. The average Bonchev–Trinajstić information content (AvgIpc) is 3.00. The Balaban J connectivity index is 1.72. The Bertz CT molecular complexity index is 694. The summed E-state index contributed by atoms with van der Waals surface area (Å²) in [5.74, 6) is 0.0896. The van der Waals surface area contributed by atoms with Crippen molar-refractivity contribution in [2.75, 3.05) is 17.7 Å². The SMILES string of the molecule is CCOC(=O)Nc1nnc(SCC(=O)NCc2ccc(Cl)cc2)s1. The number of nitrogens with one attached hydrogen (secondary N) is 2. The van der Waals surface area contributed by atoms with E-state index in [9.17, 15) is 9.59 Å². The zero-order valence-corrected chi connectivity index (χ0v) is 15.1. The molecule has 0 radical (unpaired) electrons. The Labute approximate surface area is 152 Å². The fraction of sp³-hybridized carbons (Fsp3) is 0.286. The van der Waals surface area contributed by atoms with Crippen LogP contribution in [0, 0.1) is 0 Å². The summed E-state index contributed by atoms with van der Waals surface area (Å²) in [5.41, 5.74) is 0.967. The van der Waals surface area contributed by atoms with Crippen LogP contribution in [0.1, 0.15) is 12.5 Å².